The molecule has 0 aliphatic rings. The Hall–Kier alpha value is -1.72. The normalized spacial score (nSPS) is 10.1. The molecule has 1 heterocycles. The molecule has 1 N–H and O–H groups in total. The van der Waals surface area contributed by atoms with Gasteiger partial charge in [-0.25, -0.2) is 9.37 Å². The lowest BCUT2D eigenvalue weighted by Crippen LogP contribution is -1.91. The number of aromatic nitrogens is 1. The van der Waals surface area contributed by atoms with Crippen LogP contribution in [0.5, 0.6) is 0 Å². The zero-order chi connectivity index (χ0) is 14.8. The maximum Gasteiger partial charge on any atom is 0.187 e. The van der Waals surface area contributed by atoms with Crippen molar-refractivity contribution in [2.24, 2.45) is 0 Å². The second-order valence-electron chi connectivity index (χ2n) is 4.97. The molecule has 0 aliphatic carbocycles. The first-order chi connectivity index (χ1) is 10.1. The first-order valence-corrected chi connectivity index (χ1v) is 7.55. The highest BCUT2D eigenvalue weighted by atomic mass is 79.9. The summed E-state index contributed by atoms with van der Waals surface area (Å²) >= 11 is 1.54. The third-order valence-corrected chi connectivity index (χ3v) is 4.16. The average molecular weight is 379 g/mol. The first kappa shape index (κ1) is 16.6. The van der Waals surface area contributed by atoms with Gasteiger partial charge in [-0.2, -0.15) is 0 Å². The van der Waals surface area contributed by atoms with Gasteiger partial charge in [0.05, 0.1) is 5.69 Å². The van der Waals surface area contributed by atoms with E-state index in [-0.39, 0.29) is 22.8 Å². The van der Waals surface area contributed by atoms with Gasteiger partial charge in [-0.15, -0.1) is 28.3 Å². The van der Waals surface area contributed by atoms with Gasteiger partial charge in [0, 0.05) is 16.6 Å². The van der Waals surface area contributed by atoms with Crippen molar-refractivity contribution < 1.29 is 4.39 Å². The molecule has 2 nitrogen and oxygen atoms in total. The summed E-state index contributed by atoms with van der Waals surface area (Å²) in [5.74, 6) is -0.234. The Labute approximate surface area is 143 Å². The van der Waals surface area contributed by atoms with E-state index in [1.165, 1.54) is 34.6 Å². The molecule has 0 radical (unpaired) electrons. The van der Waals surface area contributed by atoms with Crippen LogP contribution in [0.15, 0.2) is 47.8 Å². The highest BCUT2D eigenvalue weighted by Crippen LogP contribution is 2.27. The van der Waals surface area contributed by atoms with Crippen LogP contribution in [0.2, 0.25) is 0 Å². The minimum Gasteiger partial charge on any atom is -0.332 e. The number of aryl methyl sites for hydroxylation is 2. The highest BCUT2D eigenvalue weighted by molar-refractivity contribution is 8.93. The second-order valence-corrected chi connectivity index (χ2v) is 5.83. The molecule has 0 spiro atoms. The van der Waals surface area contributed by atoms with Crippen molar-refractivity contribution >= 4 is 39.1 Å². The van der Waals surface area contributed by atoms with Crippen molar-refractivity contribution in [3.63, 3.8) is 0 Å². The van der Waals surface area contributed by atoms with Gasteiger partial charge in [0.25, 0.3) is 0 Å². The molecule has 0 fully saturated rings. The zero-order valence-electron chi connectivity index (χ0n) is 12.3. The molecule has 22 heavy (non-hydrogen) atoms. The molecule has 114 valence electrons. The molecule has 0 saturated heterocycles. The molecule has 1 aromatic heterocycles. The second kappa shape index (κ2) is 7.03. The van der Waals surface area contributed by atoms with Gasteiger partial charge in [0.2, 0.25) is 0 Å². The van der Waals surface area contributed by atoms with E-state index in [2.05, 4.69) is 36.3 Å². The number of rotatable bonds is 3. The average Bonchev–Trinajstić information content (AvgIpc) is 2.92. The summed E-state index contributed by atoms with van der Waals surface area (Å²) in [7, 11) is 0. The number of nitrogens with zero attached hydrogens (tertiary/aromatic N) is 1. The Kier molecular flexibility index (Phi) is 5.32. The van der Waals surface area contributed by atoms with Gasteiger partial charge in [-0.05, 0) is 61.4 Å². The summed E-state index contributed by atoms with van der Waals surface area (Å²) in [6, 6.07) is 12.6. The van der Waals surface area contributed by atoms with E-state index in [1.807, 2.05) is 11.4 Å². The molecular formula is C17H16BrFN2S. The summed E-state index contributed by atoms with van der Waals surface area (Å²) in [6.45, 7) is 4.18. The lowest BCUT2D eigenvalue weighted by Gasteiger charge is -2.05. The standard InChI is InChI=1S/C17H15FN2S.BrH/c1-11-3-8-15(9-12(11)2)19-17-20-16(10-21-17)13-4-6-14(18)7-5-13;/h3-10H,1-2H3,(H,19,20);1H. The molecule has 2 aromatic carbocycles. The third-order valence-electron chi connectivity index (χ3n) is 3.40. The van der Waals surface area contributed by atoms with Crippen LogP contribution in [-0.2, 0) is 0 Å². The van der Waals surface area contributed by atoms with E-state index in [4.69, 9.17) is 0 Å². The van der Waals surface area contributed by atoms with E-state index in [9.17, 15) is 4.39 Å². The number of benzene rings is 2. The fraction of sp³-hybridized carbons (Fsp3) is 0.118. The summed E-state index contributed by atoms with van der Waals surface area (Å²) < 4.78 is 12.9. The Morgan fingerprint density at radius 1 is 1.00 bits per heavy atom. The maximum atomic E-state index is 12.9. The van der Waals surface area contributed by atoms with Crippen molar-refractivity contribution in [3.8, 4) is 11.3 Å². The number of halogens is 2. The van der Waals surface area contributed by atoms with Crippen LogP contribution in [0.3, 0.4) is 0 Å². The number of thiazole rings is 1. The predicted molar refractivity (Wildman–Crippen MR) is 97.0 cm³/mol. The fourth-order valence-corrected chi connectivity index (χ4v) is 2.77. The summed E-state index contributed by atoms with van der Waals surface area (Å²) in [5, 5.41) is 6.11. The lowest BCUT2D eigenvalue weighted by molar-refractivity contribution is 0.628. The Morgan fingerprint density at radius 3 is 2.41 bits per heavy atom. The molecule has 3 aromatic rings. The summed E-state index contributed by atoms with van der Waals surface area (Å²) in [4.78, 5) is 4.54. The molecule has 0 unspecified atom stereocenters. The van der Waals surface area contributed by atoms with Gasteiger partial charge in [-0.1, -0.05) is 6.07 Å². The first-order valence-electron chi connectivity index (χ1n) is 6.67. The van der Waals surface area contributed by atoms with Gasteiger partial charge in [-0.3, -0.25) is 0 Å². The number of hydrogen-bond acceptors (Lipinski definition) is 3. The molecule has 0 bridgehead atoms. The molecule has 0 amide bonds. The van der Waals surface area contributed by atoms with E-state index in [1.54, 1.807) is 12.1 Å². The lowest BCUT2D eigenvalue weighted by atomic mass is 10.1. The van der Waals surface area contributed by atoms with Crippen LogP contribution >= 0.6 is 28.3 Å². The molecule has 0 atom stereocenters. The van der Waals surface area contributed by atoms with Gasteiger partial charge in [0.15, 0.2) is 5.13 Å². The van der Waals surface area contributed by atoms with Gasteiger partial charge < -0.3 is 5.32 Å². The Bertz CT molecular complexity index is 769. The topological polar surface area (TPSA) is 24.9 Å². The van der Waals surface area contributed by atoms with Crippen molar-refractivity contribution in [1.29, 1.82) is 0 Å². The van der Waals surface area contributed by atoms with Crippen LogP contribution in [0, 0.1) is 19.7 Å². The van der Waals surface area contributed by atoms with Crippen LogP contribution in [-0.4, -0.2) is 4.98 Å². The van der Waals surface area contributed by atoms with Crippen LogP contribution in [0.25, 0.3) is 11.3 Å². The Morgan fingerprint density at radius 2 is 1.73 bits per heavy atom. The largest absolute Gasteiger partial charge is 0.332 e. The van der Waals surface area contributed by atoms with E-state index < -0.39 is 0 Å². The van der Waals surface area contributed by atoms with Crippen LogP contribution in [0.1, 0.15) is 11.1 Å². The Balaban J connectivity index is 0.00000176. The molecular weight excluding hydrogens is 363 g/mol. The highest BCUT2D eigenvalue weighted by Gasteiger charge is 2.05. The SMILES string of the molecule is Br.Cc1ccc(Nc2nc(-c3ccc(F)cc3)cs2)cc1C. The van der Waals surface area contributed by atoms with Crippen molar-refractivity contribution in [1.82, 2.24) is 4.98 Å². The summed E-state index contributed by atoms with van der Waals surface area (Å²) in [5.41, 5.74) is 5.31. The van der Waals surface area contributed by atoms with Crippen LogP contribution < -0.4 is 5.32 Å². The third kappa shape index (κ3) is 3.72. The van der Waals surface area contributed by atoms with Crippen LogP contribution in [0.4, 0.5) is 15.2 Å². The summed E-state index contributed by atoms with van der Waals surface area (Å²) in [6.07, 6.45) is 0. The van der Waals surface area contributed by atoms with Crippen molar-refractivity contribution in [3.05, 3.63) is 64.8 Å². The number of anilines is 2. The van der Waals surface area contributed by atoms with Gasteiger partial charge >= 0.3 is 0 Å². The quantitative estimate of drug-likeness (QED) is 0.614. The van der Waals surface area contributed by atoms with E-state index in [0.29, 0.717) is 0 Å². The minimum absolute atomic E-state index is 0. The monoisotopic (exact) mass is 378 g/mol. The van der Waals surface area contributed by atoms with Gasteiger partial charge in [0.1, 0.15) is 5.82 Å². The zero-order valence-corrected chi connectivity index (χ0v) is 14.8. The fourth-order valence-electron chi connectivity index (χ4n) is 2.03. The minimum atomic E-state index is -0.234. The molecule has 5 heteroatoms. The smallest absolute Gasteiger partial charge is 0.187 e. The van der Waals surface area contributed by atoms with E-state index >= 15 is 0 Å². The molecule has 0 saturated carbocycles. The molecule has 0 aliphatic heterocycles. The number of nitrogens with one attached hydrogen (secondary N) is 1. The predicted octanol–water partition coefficient (Wildman–Crippen LogP) is 5.89. The van der Waals surface area contributed by atoms with E-state index in [0.717, 1.165) is 22.1 Å². The number of hydrogen-bond donors (Lipinski definition) is 1. The molecule has 3 rings (SSSR count). The van der Waals surface area contributed by atoms with Crippen molar-refractivity contribution in [2.75, 3.05) is 5.32 Å². The van der Waals surface area contributed by atoms with Crippen molar-refractivity contribution in [2.45, 2.75) is 13.8 Å². The maximum absolute atomic E-state index is 12.9.